The molecule has 3 aliphatic rings. The van der Waals surface area contributed by atoms with Crippen molar-refractivity contribution in [2.24, 2.45) is 4.99 Å². The second kappa shape index (κ2) is 6.86. The molecule has 9 heteroatoms. The van der Waals surface area contributed by atoms with Crippen LogP contribution in [-0.4, -0.2) is 62.1 Å². The molecule has 0 bridgehead atoms. The Bertz CT molecular complexity index is 831. The van der Waals surface area contributed by atoms with Gasteiger partial charge >= 0.3 is 0 Å². The minimum Gasteiger partial charge on any atom is -0.497 e. The summed E-state index contributed by atoms with van der Waals surface area (Å²) in [6.45, 7) is 0.583. The standard InChI is InChI=1S/C17H20N2O5S2/c1-23-12-6-4-11(5-7-12)19-13-9-26(21,22)10-15(13)25-17(19)18-16(20)14-3-2-8-24-14/h4-7,13-15H,2-3,8-10H2,1H3/t13-,14+,15-/m1/s1. The van der Waals surface area contributed by atoms with Crippen LogP contribution in [0.4, 0.5) is 5.69 Å². The molecular formula is C17H20N2O5S2. The summed E-state index contributed by atoms with van der Waals surface area (Å²) in [7, 11) is -1.49. The number of carbonyl (C=O) groups is 1. The molecular weight excluding hydrogens is 376 g/mol. The first-order valence-electron chi connectivity index (χ1n) is 8.51. The number of fused-ring (bicyclic) bond motifs is 1. The second-order valence-electron chi connectivity index (χ2n) is 6.60. The summed E-state index contributed by atoms with van der Waals surface area (Å²) in [6.07, 6.45) is 1.06. The number of ether oxygens (including phenoxy) is 2. The van der Waals surface area contributed by atoms with Gasteiger partial charge in [0.1, 0.15) is 11.9 Å². The average Bonchev–Trinajstić information content (AvgIpc) is 3.30. The van der Waals surface area contributed by atoms with E-state index in [4.69, 9.17) is 9.47 Å². The minimum absolute atomic E-state index is 0.0732. The Morgan fingerprint density at radius 1 is 1.31 bits per heavy atom. The Kier molecular flexibility index (Phi) is 4.70. The Balaban J connectivity index is 1.67. The highest BCUT2D eigenvalue weighted by atomic mass is 32.2. The van der Waals surface area contributed by atoms with Crippen molar-refractivity contribution in [3.05, 3.63) is 24.3 Å². The molecule has 3 fully saturated rings. The third-order valence-electron chi connectivity index (χ3n) is 4.83. The fourth-order valence-electron chi connectivity index (χ4n) is 3.55. The molecule has 0 N–H and O–H groups in total. The number of benzene rings is 1. The van der Waals surface area contributed by atoms with Crippen molar-refractivity contribution in [1.82, 2.24) is 0 Å². The van der Waals surface area contributed by atoms with Crippen LogP contribution in [0.2, 0.25) is 0 Å². The molecule has 3 aliphatic heterocycles. The highest BCUT2D eigenvalue weighted by molar-refractivity contribution is 8.16. The minimum atomic E-state index is -3.08. The van der Waals surface area contributed by atoms with Gasteiger partial charge in [-0.3, -0.25) is 4.79 Å². The van der Waals surface area contributed by atoms with Crippen molar-refractivity contribution in [1.29, 1.82) is 0 Å². The summed E-state index contributed by atoms with van der Waals surface area (Å²) in [5.74, 6) is 0.614. The van der Waals surface area contributed by atoms with Crippen molar-refractivity contribution in [2.45, 2.75) is 30.2 Å². The van der Waals surface area contributed by atoms with Crippen molar-refractivity contribution in [3.63, 3.8) is 0 Å². The molecule has 0 aliphatic carbocycles. The Labute approximate surface area is 156 Å². The van der Waals surface area contributed by atoms with E-state index in [2.05, 4.69) is 4.99 Å². The summed E-state index contributed by atoms with van der Waals surface area (Å²) < 4.78 is 34.8. The van der Waals surface area contributed by atoms with Crippen LogP contribution in [0.25, 0.3) is 0 Å². The SMILES string of the molecule is COc1ccc(N2C(=NC(=O)[C@@H]3CCCO3)S[C@@H]3CS(=O)(=O)C[C@H]32)cc1. The number of hydrogen-bond acceptors (Lipinski definition) is 6. The van der Waals surface area contributed by atoms with E-state index in [1.54, 1.807) is 7.11 Å². The van der Waals surface area contributed by atoms with Crippen LogP contribution in [0, 0.1) is 0 Å². The Morgan fingerprint density at radius 2 is 2.08 bits per heavy atom. The number of amides is 1. The Hall–Kier alpha value is -1.58. The maximum Gasteiger partial charge on any atom is 0.277 e. The quantitative estimate of drug-likeness (QED) is 0.765. The van der Waals surface area contributed by atoms with Gasteiger partial charge in [0.2, 0.25) is 0 Å². The lowest BCUT2D eigenvalue weighted by atomic mass is 10.2. The van der Waals surface area contributed by atoms with E-state index in [-0.39, 0.29) is 28.7 Å². The molecule has 0 radical (unpaired) electrons. The number of amidine groups is 1. The summed E-state index contributed by atoms with van der Waals surface area (Å²) in [4.78, 5) is 18.6. The lowest BCUT2D eigenvalue weighted by Crippen LogP contribution is -2.38. The average molecular weight is 396 g/mol. The number of nitrogens with zero attached hydrogens (tertiary/aromatic N) is 2. The molecule has 140 valence electrons. The molecule has 1 amide bonds. The lowest BCUT2D eigenvalue weighted by molar-refractivity contribution is -0.126. The fraction of sp³-hybridized carbons (Fsp3) is 0.529. The van der Waals surface area contributed by atoms with Crippen LogP contribution < -0.4 is 9.64 Å². The van der Waals surface area contributed by atoms with E-state index in [9.17, 15) is 13.2 Å². The van der Waals surface area contributed by atoms with Crippen LogP contribution in [0.5, 0.6) is 5.75 Å². The highest BCUT2D eigenvalue weighted by Gasteiger charge is 2.49. The maximum atomic E-state index is 12.4. The molecule has 3 atom stereocenters. The first-order valence-corrected chi connectivity index (χ1v) is 11.2. The summed E-state index contributed by atoms with van der Waals surface area (Å²) in [6, 6.07) is 7.14. The van der Waals surface area contributed by atoms with Gasteiger partial charge in [0.15, 0.2) is 15.0 Å². The third-order valence-corrected chi connectivity index (χ3v) is 8.04. The maximum absolute atomic E-state index is 12.4. The number of hydrogen-bond donors (Lipinski definition) is 0. The first-order chi connectivity index (χ1) is 12.5. The van der Waals surface area contributed by atoms with Crippen molar-refractivity contribution in [2.75, 3.05) is 30.1 Å². The molecule has 1 aromatic rings. The highest BCUT2D eigenvalue weighted by Crippen LogP contribution is 2.41. The Morgan fingerprint density at radius 3 is 2.73 bits per heavy atom. The number of anilines is 1. The summed E-state index contributed by atoms with van der Waals surface area (Å²) in [5, 5.41) is 0.443. The number of carbonyl (C=O) groups excluding carboxylic acids is 1. The van der Waals surface area contributed by atoms with Gasteiger partial charge in [0.05, 0.1) is 24.7 Å². The van der Waals surface area contributed by atoms with Crippen molar-refractivity contribution >= 4 is 38.4 Å². The number of rotatable bonds is 3. The van der Waals surface area contributed by atoms with Gasteiger partial charge in [-0.2, -0.15) is 4.99 Å². The predicted molar refractivity (Wildman–Crippen MR) is 101 cm³/mol. The normalized spacial score (nSPS) is 31.3. The topological polar surface area (TPSA) is 85.3 Å². The summed E-state index contributed by atoms with van der Waals surface area (Å²) >= 11 is 1.37. The zero-order valence-corrected chi connectivity index (χ0v) is 16.0. The molecule has 0 aromatic heterocycles. The lowest BCUT2D eigenvalue weighted by Gasteiger charge is -2.24. The van der Waals surface area contributed by atoms with Crippen LogP contribution in [0.3, 0.4) is 0 Å². The van der Waals surface area contributed by atoms with Gasteiger partial charge < -0.3 is 14.4 Å². The smallest absolute Gasteiger partial charge is 0.277 e. The molecule has 3 saturated heterocycles. The molecule has 3 heterocycles. The van der Waals surface area contributed by atoms with E-state index < -0.39 is 15.9 Å². The molecule has 26 heavy (non-hydrogen) atoms. The molecule has 0 spiro atoms. The second-order valence-corrected chi connectivity index (χ2v) is 9.96. The molecule has 1 aromatic carbocycles. The number of aliphatic imine (C=N–C) groups is 1. The largest absolute Gasteiger partial charge is 0.497 e. The van der Waals surface area contributed by atoms with E-state index in [1.807, 2.05) is 29.2 Å². The van der Waals surface area contributed by atoms with Gasteiger partial charge in [-0.15, -0.1) is 0 Å². The number of thioether (sulfide) groups is 1. The van der Waals surface area contributed by atoms with Gasteiger partial charge in [-0.25, -0.2) is 8.42 Å². The van der Waals surface area contributed by atoms with Crippen molar-refractivity contribution in [3.8, 4) is 5.75 Å². The molecule has 7 nitrogen and oxygen atoms in total. The molecule has 0 unspecified atom stereocenters. The number of methoxy groups -OCH3 is 1. The first kappa shape index (κ1) is 17.8. The summed E-state index contributed by atoms with van der Waals surface area (Å²) in [5.41, 5.74) is 0.807. The zero-order chi connectivity index (χ0) is 18.3. The van der Waals surface area contributed by atoms with Gasteiger partial charge in [-0.1, -0.05) is 11.8 Å². The van der Waals surface area contributed by atoms with E-state index >= 15 is 0 Å². The van der Waals surface area contributed by atoms with E-state index in [0.29, 0.717) is 23.9 Å². The monoisotopic (exact) mass is 396 g/mol. The van der Waals surface area contributed by atoms with E-state index in [0.717, 1.165) is 12.1 Å². The number of sulfone groups is 1. The van der Waals surface area contributed by atoms with Crippen LogP contribution in [0.15, 0.2) is 29.3 Å². The zero-order valence-electron chi connectivity index (χ0n) is 14.3. The predicted octanol–water partition coefficient (Wildman–Crippen LogP) is 1.48. The van der Waals surface area contributed by atoms with Gasteiger partial charge in [-0.05, 0) is 37.1 Å². The van der Waals surface area contributed by atoms with Crippen LogP contribution >= 0.6 is 11.8 Å². The van der Waals surface area contributed by atoms with Gasteiger partial charge in [0, 0.05) is 17.5 Å². The molecule has 0 saturated carbocycles. The fourth-order valence-corrected chi connectivity index (χ4v) is 7.47. The molecule has 4 rings (SSSR count). The third kappa shape index (κ3) is 3.35. The van der Waals surface area contributed by atoms with E-state index in [1.165, 1.54) is 11.8 Å². The van der Waals surface area contributed by atoms with Crippen LogP contribution in [-0.2, 0) is 19.4 Å². The van der Waals surface area contributed by atoms with Crippen molar-refractivity contribution < 1.29 is 22.7 Å². The van der Waals surface area contributed by atoms with Gasteiger partial charge in [0.25, 0.3) is 5.91 Å². The van der Waals surface area contributed by atoms with Crippen LogP contribution in [0.1, 0.15) is 12.8 Å².